The Labute approximate surface area is 150 Å². The fraction of sp³-hybridized carbons (Fsp3) is 0.0500. The van der Waals surface area contributed by atoms with Crippen LogP contribution in [0.5, 0.6) is 0 Å². The number of rotatable bonds is 4. The fourth-order valence-electron chi connectivity index (χ4n) is 2.49. The van der Waals surface area contributed by atoms with Gasteiger partial charge in [-0.2, -0.15) is 5.26 Å². The van der Waals surface area contributed by atoms with Gasteiger partial charge in [-0.1, -0.05) is 35.9 Å². The van der Waals surface area contributed by atoms with Gasteiger partial charge in [0.15, 0.2) is 5.78 Å². The Morgan fingerprint density at radius 3 is 2.60 bits per heavy atom. The van der Waals surface area contributed by atoms with Crippen LogP contribution in [0.1, 0.15) is 27.0 Å². The number of hydrogen-bond donors (Lipinski definition) is 1. The number of pyridine rings is 1. The Hall–Kier alpha value is -3.16. The highest BCUT2D eigenvalue weighted by molar-refractivity contribution is 6.35. The molecule has 2 aromatic carbocycles. The molecule has 0 unspecified atom stereocenters. The van der Waals surface area contributed by atoms with Crippen molar-refractivity contribution >= 4 is 28.8 Å². The molecule has 1 N–H and O–H groups in total. The summed E-state index contributed by atoms with van der Waals surface area (Å²) in [6.07, 6.45) is 3.10. The molecule has 3 rings (SSSR count). The number of ketones is 1. The Bertz CT molecular complexity index is 992. The van der Waals surface area contributed by atoms with Gasteiger partial charge in [-0.25, -0.2) is 0 Å². The molecule has 122 valence electrons. The van der Waals surface area contributed by atoms with Crippen molar-refractivity contribution in [1.82, 2.24) is 4.98 Å². The molecule has 0 aliphatic heterocycles. The maximum absolute atomic E-state index is 12.7. The zero-order valence-corrected chi connectivity index (χ0v) is 14.2. The number of carbonyl (C=O) groups is 1. The van der Waals surface area contributed by atoms with Crippen LogP contribution < -0.4 is 5.32 Å². The standard InChI is InChI=1S/C20H14ClN3O/c1-13-4-2-3-5-17(13)20(25)18-7-6-15(9-19(18)21)24-16-8-14(10-22)11-23-12-16/h2-9,11-12,24H,1H3. The van der Waals surface area contributed by atoms with Crippen LogP contribution >= 0.6 is 11.6 Å². The van der Waals surface area contributed by atoms with Gasteiger partial charge < -0.3 is 5.32 Å². The van der Waals surface area contributed by atoms with Crippen molar-refractivity contribution in [3.8, 4) is 6.07 Å². The summed E-state index contributed by atoms with van der Waals surface area (Å²) in [5.74, 6) is -0.109. The first kappa shape index (κ1) is 16.7. The van der Waals surface area contributed by atoms with Gasteiger partial charge in [0.1, 0.15) is 6.07 Å². The van der Waals surface area contributed by atoms with Gasteiger partial charge in [0, 0.05) is 23.0 Å². The van der Waals surface area contributed by atoms with Gasteiger partial charge in [0.05, 0.1) is 22.5 Å². The molecule has 1 heterocycles. The summed E-state index contributed by atoms with van der Waals surface area (Å²) < 4.78 is 0. The molecule has 5 heteroatoms. The van der Waals surface area contributed by atoms with Crippen LogP contribution in [0.15, 0.2) is 60.9 Å². The molecule has 0 saturated carbocycles. The zero-order valence-electron chi connectivity index (χ0n) is 13.5. The minimum absolute atomic E-state index is 0.109. The lowest BCUT2D eigenvalue weighted by molar-refractivity contribution is 0.103. The second-order valence-corrected chi connectivity index (χ2v) is 5.94. The molecular formula is C20H14ClN3O. The van der Waals surface area contributed by atoms with Crippen LogP contribution in [0.3, 0.4) is 0 Å². The molecule has 4 nitrogen and oxygen atoms in total. The third kappa shape index (κ3) is 3.68. The molecule has 0 spiro atoms. The third-order valence-corrected chi connectivity index (χ3v) is 4.07. The van der Waals surface area contributed by atoms with E-state index < -0.39 is 0 Å². The lowest BCUT2D eigenvalue weighted by Crippen LogP contribution is -2.04. The first-order chi connectivity index (χ1) is 12.1. The molecule has 0 amide bonds. The Morgan fingerprint density at radius 1 is 1.08 bits per heavy atom. The normalized spacial score (nSPS) is 10.1. The fourth-order valence-corrected chi connectivity index (χ4v) is 2.75. The minimum Gasteiger partial charge on any atom is -0.354 e. The number of carbonyl (C=O) groups excluding carboxylic acids is 1. The van der Waals surface area contributed by atoms with Crippen molar-refractivity contribution in [2.45, 2.75) is 6.92 Å². The monoisotopic (exact) mass is 347 g/mol. The lowest BCUT2D eigenvalue weighted by Gasteiger charge is -2.10. The van der Waals surface area contributed by atoms with Crippen LogP contribution in [0.4, 0.5) is 11.4 Å². The number of nitriles is 1. The van der Waals surface area contributed by atoms with Gasteiger partial charge in [-0.3, -0.25) is 9.78 Å². The summed E-state index contributed by atoms with van der Waals surface area (Å²) in [5.41, 5.74) is 3.84. The average Bonchev–Trinajstić information content (AvgIpc) is 2.62. The summed E-state index contributed by atoms with van der Waals surface area (Å²) in [7, 11) is 0. The van der Waals surface area contributed by atoms with Gasteiger partial charge in [0.2, 0.25) is 0 Å². The van der Waals surface area contributed by atoms with E-state index in [1.165, 1.54) is 6.20 Å². The highest BCUT2D eigenvalue weighted by atomic mass is 35.5. The number of aryl methyl sites for hydroxylation is 1. The number of aromatic nitrogens is 1. The van der Waals surface area contributed by atoms with Crippen LogP contribution in [0, 0.1) is 18.3 Å². The van der Waals surface area contributed by atoms with Crippen LogP contribution in [0.25, 0.3) is 0 Å². The summed E-state index contributed by atoms with van der Waals surface area (Å²) in [5, 5.41) is 12.4. The largest absolute Gasteiger partial charge is 0.354 e. The molecule has 0 atom stereocenters. The number of anilines is 2. The van der Waals surface area contributed by atoms with Gasteiger partial charge >= 0.3 is 0 Å². The molecule has 25 heavy (non-hydrogen) atoms. The van der Waals surface area contributed by atoms with Crippen molar-refractivity contribution in [3.05, 3.63) is 88.2 Å². The summed E-state index contributed by atoms with van der Waals surface area (Å²) in [6, 6.07) is 16.3. The van der Waals surface area contributed by atoms with Crippen molar-refractivity contribution in [1.29, 1.82) is 5.26 Å². The van der Waals surface area contributed by atoms with E-state index in [1.54, 1.807) is 36.5 Å². The minimum atomic E-state index is -0.109. The quantitative estimate of drug-likeness (QED) is 0.682. The highest BCUT2D eigenvalue weighted by Crippen LogP contribution is 2.26. The Morgan fingerprint density at radius 2 is 1.88 bits per heavy atom. The van der Waals surface area contributed by atoms with Gasteiger partial charge in [0.25, 0.3) is 0 Å². The van der Waals surface area contributed by atoms with Gasteiger partial charge in [-0.05, 0) is 36.8 Å². The summed E-state index contributed by atoms with van der Waals surface area (Å²) in [4.78, 5) is 16.7. The van der Waals surface area contributed by atoms with E-state index in [1.807, 2.05) is 31.2 Å². The molecule has 0 radical (unpaired) electrons. The SMILES string of the molecule is Cc1ccccc1C(=O)c1ccc(Nc2cncc(C#N)c2)cc1Cl. The van der Waals surface area contributed by atoms with Crippen molar-refractivity contribution in [2.24, 2.45) is 0 Å². The van der Waals surface area contributed by atoms with Crippen LogP contribution in [-0.4, -0.2) is 10.8 Å². The number of halogens is 1. The second-order valence-electron chi connectivity index (χ2n) is 5.54. The first-order valence-corrected chi connectivity index (χ1v) is 7.98. The predicted octanol–water partition coefficient (Wildman–Crippen LogP) is 4.89. The number of nitrogens with one attached hydrogen (secondary N) is 1. The number of hydrogen-bond acceptors (Lipinski definition) is 4. The van der Waals surface area contributed by atoms with Crippen LogP contribution in [-0.2, 0) is 0 Å². The second kappa shape index (κ2) is 7.16. The molecule has 0 fully saturated rings. The van der Waals surface area contributed by atoms with E-state index in [9.17, 15) is 4.79 Å². The molecule has 3 aromatic rings. The Kier molecular flexibility index (Phi) is 4.78. The maximum Gasteiger partial charge on any atom is 0.194 e. The highest BCUT2D eigenvalue weighted by Gasteiger charge is 2.15. The number of benzene rings is 2. The molecular weight excluding hydrogens is 334 g/mol. The molecule has 0 bridgehead atoms. The van der Waals surface area contributed by atoms with E-state index in [0.717, 1.165) is 5.56 Å². The van der Waals surface area contributed by atoms with Gasteiger partial charge in [-0.15, -0.1) is 0 Å². The molecule has 0 aliphatic rings. The maximum atomic E-state index is 12.7. The average molecular weight is 348 g/mol. The van der Waals surface area contributed by atoms with Crippen molar-refractivity contribution in [3.63, 3.8) is 0 Å². The zero-order chi connectivity index (χ0) is 17.8. The topological polar surface area (TPSA) is 65.8 Å². The molecule has 1 aromatic heterocycles. The Balaban J connectivity index is 1.87. The van der Waals surface area contributed by atoms with Crippen molar-refractivity contribution in [2.75, 3.05) is 5.32 Å². The lowest BCUT2D eigenvalue weighted by atomic mass is 9.99. The summed E-state index contributed by atoms with van der Waals surface area (Å²) in [6.45, 7) is 1.90. The van der Waals surface area contributed by atoms with Crippen LogP contribution in [0.2, 0.25) is 5.02 Å². The first-order valence-electron chi connectivity index (χ1n) is 7.60. The third-order valence-electron chi connectivity index (χ3n) is 3.76. The molecule has 0 aliphatic carbocycles. The van der Waals surface area contributed by atoms with E-state index >= 15 is 0 Å². The van der Waals surface area contributed by atoms with E-state index in [2.05, 4.69) is 10.3 Å². The molecule has 0 saturated heterocycles. The summed E-state index contributed by atoms with van der Waals surface area (Å²) >= 11 is 6.32. The predicted molar refractivity (Wildman–Crippen MR) is 98.3 cm³/mol. The smallest absolute Gasteiger partial charge is 0.194 e. The van der Waals surface area contributed by atoms with E-state index in [-0.39, 0.29) is 5.78 Å². The van der Waals surface area contributed by atoms with Crippen molar-refractivity contribution < 1.29 is 4.79 Å². The number of nitrogens with zero attached hydrogens (tertiary/aromatic N) is 2. The van der Waals surface area contributed by atoms with E-state index in [4.69, 9.17) is 16.9 Å². The van der Waals surface area contributed by atoms with E-state index in [0.29, 0.717) is 33.1 Å².